The van der Waals surface area contributed by atoms with E-state index in [0.717, 1.165) is 24.4 Å². The number of fused-ring (bicyclic) bond motifs is 1. The van der Waals surface area contributed by atoms with Crippen molar-refractivity contribution in [1.82, 2.24) is 0 Å². The molecule has 0 aliphatic carbocycles. The summed E-state index contributed by atoms with van der Waals surface area (Å²) in [5.41, 5.74) is 8.27. The number of amides is 1. The lowest BCUT2D eigenvalue weighted by Crippen LogP contribution is -2.43. The summed E-state index contributed by atoms with van der Waals surface area (Å²) < 4.78 is 0. The van der Waals surface area contributed by atoms with Crippen molar-refractivity contribution in [2.75, 3.05) is 23.5 Å². The van der Waals surface area contributed by atoms with Gasteiger partial charge in [-0.2, -0.15) is 11.8 Å². The van der Waals surface area contributed by atoms with Crippen LogP contribution in [0, 0.1) is 0 Å². The quantitative estimate of drug-likeness (QED) is 0.907. The fourth-order valence-electron chi connectivity index (χ4n) is 2.40. The van der Waals surface area contributed by atoms with Crippen LogP contribution in [0.15, 0.2) is 24.3 Å². The number of carbonyl (C=O) groups excluding carboxylic acids is 1. The van der Waals surface area contributed by atoms with Gasteiger partial charge in [0.1, 0.15) is 0 Å². The Hall–Kier alpha value is -1.00. The smallest absolute Gasteiger partial charge is 0.243 e. The number of rotatable bonds is 4. The topological polar surface area (TPSA) is 46.3 Å². The molecule has 0 aromatic heterocycles. The maximum absolute atomic E-state index is 12.4. The molecule has 2 atom stereocenters. The summed E-state index contributed by atoms with van der Waals surface area (Å²) in [5, 5.41) is 0. The molecule has 0 unspecified atom stereocenters. The molecule has 0 saturated carbocycles. The second-order valence-electron chi connectivity index (χ2n) is 4.80. The van der Waals surface area contributed by atoms with Crippen LogP contribution in [0.1, 0.15) is 24.8 Å². The van der Waals surface area contributed by atoms with Gasteiger partial charge in [-0.05, 0) is 30.1 Å². The van der Waals surface area contributed by atoms with Crippen LogP contribution in [0.3, 0.4) is 0 Å². The van der Waals surface area contributed by atoms with Gasteiger partial charge in [0.15, 0.2) is 0 Å². The molecule has 4 heteroatoms. The van der Waals surface area contributed by atoms with Crippen LogP contribution in [0.4, 0.5) is 5.69 Å². The fourth-order valence-corrected chi connectivity index (χ4v) is 2.89. The van der Waals surface area contributed by atoms with Crippen molar-refractivity contribution in [3.05, 3.63) is 29.8 Å². The third-order valence-corrected chi connectivity index (χ3v) is 4.08. The lowest BCUT2D eigenvalue weighted by Gasteiger charge is -2.21. The zero-order valence-electron chi connectivity index (χ0n) is 10.9. The molecular weight excluding hydrogens is 244 g/mol. The fraction of sp³-hybridized carbons (Fsp3) is 0.500. The van der Waals surface area contributed by atoms with Gasteiger partial charge in [0, 0.05) is 18.2 Å². The molecule has 0 spiro atoms. The highest BCUT2D eigenvalue weighted by atomic mass is 32.2. The molecule has 18 heavy (non-hydrogen) atoms. The van der Waals surface area contributed by atoms with Gasteiger partial charge in [0.2, 0.25) is 5.91 Å². The number of nitrogens with two attached hydrogens (primary N) is 1. The first-order valence-electron chi connectivity index (χ1n) is 6.30. The van der Waals surface area contributed by atoms with Crippen molar-refractivity contribution < 1.29 is 4.79 Å². The summed E-state index contributed by atoms with van der Waals surface area (Å²) >= 11 is 1.73. The monoisotopic (exact) mass is 264 g/mol. The third-order valence-electron chi connectivity index (χ3n) is 3.43. The summed E-state index contributed by atoms with van der Waals surface area (Å²) in [4.78, 5) is 14.2. The van der Waals surface area contributed by atoms with E-state index >= 15 is 0 Å². The van der Waals surface area contributed by atoms with Gasteiger partial charge >= 0.3 is 0 Å². The van der Waals surface area contributed by atoms with E-state index in [4.69, 9.17) is 5.73 Å². The minimum absolute atomic E-state index is 0.0563. The van der Waals surface area contributed by atoms with Crippen LogP contribution in [-0.2, 0) is 4.79 Å². The zero-order chi connectivity index (χ0) is 13.1. The molecule has 1 aromatic carbocycles. The highest BCUT2D eigenvalue weighted by Gasteiger charge is 2.31. The van der Waals surface area contributed by atoms with Gasteiger partial charge in [-0.3, -0.25) is 4.79 Å². The first kappa shape index (κ1) is 13.4. The molecular formula is C14H20N2OS. The number of benzene rings is 1. The minimum atomic E-state index is -0.379. The van der Waals surface area contributed by atoms with Crippen molar-refractivity contribution in [1.29, 1.82) is 0 Å². The van der Waals surface area contributed by atoms with Gasteiger partial charge in [-0.25, -0.2) is 0 Å². The maximum Gasteiger partial charge on any atom is 0.243 e. The van der Waals surface area contributed by atoms with E-state index in [2.05, 4.69) is 13.0 Å². The van der Waals surface area contributed by atoms with Crippen molar-refractivity contribution in [2.45, 2.75) is 25.3 Å². The molecule has 1 heterocycles. The van der Waals surface area contributed by atoms with E-state index < -0.39 is 0 Å². The molecule has 0 saturated heterocycles. The van der Waals surface area contributed by atoms with E-state index in [-0.39, 0.29) is 11.9 Å². The molecule has 1 aliphatic rings. The normalized spacial score (nSPS) is 19.7. The minimum Gasteiger partial charge on any atom is -0.320 e. The van der Waals surface area contributed by atoms with Crippen LogP contribution < -0.4 is 10.6 Å². The maximum atomic E-state index is 12.4. The van der Waals surface area contributed by atoms with Gasteiger partial charge in [-0.15, -0.1) is 0 Å². The number of hydrogen-bond acceptors (Lipinski definition) is 3. The second kappa shape index (κ2) is 5.76. The molecule has 98 valence electrons. The highest BCUT2D eigenvalue weighted by molar-refractivity contribution is 7.98. The van der Waals surface area contributed by atoms with Gasteiger partial charge < -0.3 is 10.6 Å². The largest absolute Gasteiger partial charge is 0.320 e. The first-order chi connectivity index (χ1) is 8.65. The van der Waals surface area contributed by atoms with Crippen LogP contribution in [-0.4, -0.2) is 30.5 Å². The Labute approximate surface area is 113 Å². The standard InChI is InChI=1S/C14H20N2OS/c1-10-9-16(13-6-4-3-5-11(10)13)14(17)12(15)7-8-18-2/h3-6,10,12H,7-9,15H2,1-2H3/t10-,12+/m1/s1. The Morgan fingerprint density at radius 1 is 1.56 bits per heavy atom. The average Bonchev–Trinajstić information content (AvgIpc) is 2.73. The molecule has 0 bridgehead atoms. The first-order valence-corrected chi connectivity index (χ1v) is 7.69. The number of hydrogen-bond donors (Lipinski definition) is 1. The predicted molar refractivity (Wildman–Crippen MR) is 78.2 cm³/mol. The predicted octanol–water partition coefficient (Wildman–Crippen LogP) is 2.22. The summed E-state index contributed by atoms with van der Waals surface area (Å²) in [6, 6.07) is 7.73. The molecule has 1 amide bonds. The number of carbonyl (C=O) groups is 1. The van der Waals surface area contributed by atoms with Crippen molar-refractivity contribution in [3.63, 3.8) is 0 Å². The van der Waals surface area contributed by atoms with E-state index in [0.29, 0.717) is 5.92 Å². The average molecular weight is 264 g/mol. The molecule has 0 fully saturated rings. The Bertz CT molecular complexity index is 436. The number of nitrogens with zero attached hydrogens (tertiary/aromatic N) is 1. The van der Waals surface area contributed by atoms with Crippen LogP contribution >= 0.6 is 11.8 Å². The highest BCUT2D eigenvalue weighted by Crippen LogP contribution is 2.35. The summed E-state index contributed by atoms with van der Waals surface area (Å²) in [6.45, 7) is 2.91. The Morgan fingerprint density at radius 3 is 3.00 bits per heavy atom. The molecule has 2 N–H and O–H groups in total. The van der Waals surface area contributed by atoms with Gasteiger partial charge in [0.05, 0.1) is 6.04 Å². The summed E-state index contributed by atoms with van der Waals surface area (Å²) in [7, 11) is 0. The summed E-state index contributed by atoms with van der Waals surface area (Å²) in [5.74, 6) is 1.39. The number of anilines is 1. The van der Waals surface area contributed by atoms with Crippen LogP contribution in [0.25, 0.3) is 0 Å². The van der Waals surface area contributed by atoms with E-state index in [1.54, 1.807) is 11.8 Å². The molecule has 1 aliphatic heterocycles. The van der Waals surface area contributed by atoms with Crippen molar-refractivity contribution >= 4 is 23.4 Å². The molecule has 1 aromatic rings. The Balaban J connectivity index is 2.13. The van der Waals surface area contributed by atoms with Gasteiger partial charge in [-0.1, -0.05) is 25.1 Å². The van der Waals surface area contributed by atoms with Crippen LogP contribution in [0.5, 0.6) is 0 Å². The Kier molecular flexibility index (Phi) is 4.30. The zero-order valence-corrected chi connectivity index (χ0v) is 11.7. The van der Waals surface area contributed by atoms with E-state index in [1.807, 2.05) is 29.4 Å². The van der Waals surface area contributed by atoms with Crippen LogP contribution in [0.2, 0.25) is 0 Å². The lowest BCUT2D eigenvalue weighted by atomic mass is 10.0. The SMILES string of the molecule is CSCC[C@H](N)C(=O)N1C[C@@H](C)c2ccccc21. The Morgan fingerprint density at radius 2 is 2.28 bits per heavy atom. The van der Waals surface area contributed by atoms with Gasteiger partial charge in [0.25, 0.3) is 0 Å². The summed E-state index contributed by atoms with van der Waals surface area (Å²) in [6.07, 6.45) is 2.78. The molecule has 3 nitrogen and oxygen atoms in total. The number of thioether (sulfide) groups is 1. The number of para-hydroxylation sites is 1. The van der Waals surface area contributed by atoms with E-state index in [1.165, 1.54) is 5.56 Å². The lowest BCUT2D eigenvalue weighted by molar-refractivity contribution is -0.119. The third kappa shape index (κ3) is 2.54. The molecule has 2 rings (SSSR count). The van der Waals surface area contributed by atoms with Crippen molar-refractivity contribution in [2.24, 2.45) is 5.73 Å². The second-order valence-corrected chi connectivity index (χ2v) is 5.78. The van der Waals surface area contributed by atoms with E-state index in [9.17, 15) is 4.79 Å². The van der Waals surface area contributed by atoms with Crippen molar-refractivity contribution in [3.8, 4) is 0 Å². The molecule has 0 radical (unpaired) electrons.